The molecule has 0 saturated carbocycles. The highest BCUT2D eigenvalue weighted by atomic mass is 35.5. The van der Waals surface area contributed by atoms with Crippen LogP contribution in [0.1, 0.15) is 36.8 Å². The van der Waals surface area contributed by atoms with Crippen LogP contribution in [0.2, 0.25) is 0 Å². The molecule has 22 heavy (non-hydrogen) atoms. The molecule has 122 valence electrons. The second-order valence-electron chi connectivity index (χ2n) is 6.50. The van der Waals surface area contributed by atoms with E-state index in [4.69, 9.17) is 0 Å². The van der Waals surface area contributed by atoms with Crippen LogP contribution in [-0.4, -0.2) is 35.0 Å². The Kier molecular flexibility index (Phi) is 5.42. The van der Waals surface area contributed by atoms with Gasteiger partial charge in [-0.1, -0.05) is 12.1 Å². The van der Waals surface area contributed by atoms with Crippen molar-refractivity contribution in [3.8, 4) is 0 Å². The Morgan fingerprint density at radius 1 is 1.32 bits per heavy atom. The van der Waals surface area contributed by atoms with Crippen LogP contribution < -0.4 is 5.32 Å². The van der Waals surface area contributed by atoms with E-state index in [9.17, 15) is 10.1 Å². The molecule has 2 saturated heterocycles. The molecule has 0 radical (unpaired) electrons. The van der Waals surface area contributed by atoms with Gasteiger partial charge in [0.1, 0.15) is 0 Å². The number of rotatable bonds is 4. The molecule has 2 aliphatic heterocycles. The SMILES string of the molecule is Cc1c(CN(C)C2CC3CCC(C2)N3)cccc1[N+](=O)[O-].Cl. The van der Waals surface area contributed by atoms with Gasteiger partial charge < -0.3 is 5.32 Å². The quantitative estimate of drug-likeness (QED) is 0.683. The van der Waals surface area contributed by atoms with Crippen molar-refractivity contribution in [3.05, 3.63) is 39.4 Å². The molecule has 2 heterocycles. The Morgan fingerprint density at radius 2 is 1.95 bits per heavy atom. The third kappa shape index (κ3) is 3.42. The Balaban J connectivity index is 0.00000176. The fourth-order valence-electron chi connectivity index (χ4n) is 3.82. The molecular weight excluding hydrogens is 302 g/mol. The summed E-state index contributed by atoms with van der Waals surface area (Å²) in [5, 5.41) is 14.7. The van der Waals surface area contributed by atoms with Crippen molar-refractivity contribution in [1.82, 2.24) is 10.2 Å². The summed E-state index contributed by atoms with van der Waals surface area (Å²) in [6, 6.07) is 7.31. The van der Waals surface area contributed by atoms with E-state index in [-0.39, 0.29) is 23.0 Å². The van der Waals surface area contributed by atoms with Crippen molar-refractivity contribution in [3.63, 3.8) is 0 Å². The molecule has 3 rings (SSSR count). The van der Waals surface area contributed by atoms with E-state index in [0.717, 1.165) is 17.7 Å². The first-order chi connectivity index (χ1) is 10.0. The molecular formula is C16H24ClN3O2. The average Bonchev–Trinajstić information content (AvgIpc) is 2.79. The summed E-state index contributed by atoms with van der Waals surface area (Å²) in [5.74, 6) is 0. The number of hydrogen-bond donors (Lipinski definition) is 1. The number of nitro benzene ring substituents is 1. The summed E-state index contributed by atoms with van der Waals surface area (Å²) in [6.07, 6.45) is 4.98. The predicted octanol–water partition coefficient (Wildman–Crippen LogP) is 3.04. The van der Waals surface area contributed by atoms with Crippen LogP contribution in [0.3, 0.4) is 0 Å². The van der Waals surface area contributed by atoms with Crippen LogP contribution in [0.25, 0.3) is 0 Å². The monoisotopic (exact) mass is 325 g/mol. The number of hydrogen-bond acceptors (Lipinski definition) is 4. The van der Waals surface area contributed by atoms with Crippen LogP contribution in [0.4, 0.5) is 5.69 Å². The summed E-state index contributed by atoms with van der Waals surface area (Å²) in [4.78, 5) is 13.1. The summed E-state index contributed by atoms with van der Waals surface area (Å²) < 4.78 is 0. The molecule has 6 heteroatoms. The number of fused-ring (bicyclic) bond motifs is 2. The summed E-state index contributed by atoms with van der Waals surface area (Å²) >= 11 is 0. The zero-order chi connectivity index (χ0) is 15.0. The van der Waals surface area contributed by atoms with Crippen LogP contribution in [0, 0.1) is 17.0 Å². The molecule has 2 unspecified atom stereocenters. The summed E-state index contributed by atoms with van der Waals surface area (Å²) in [6.45, 7) is 2.64. The second-order valence-corrected chi connectivity index (χ2v) is 6.50. The van der Waals surface area contributed by atoms with E-state index in [0.29, 0.717) is 18.1 Å². The topological polar surface area (TPSA) is 58.4 Å². The van der Waals surface area contributed by atoms with Crippen LogP contribution >= 0.6 is 12.4 Å². The third-order valence-electron chi connectivity index (χ3n) is 5.11. The van der Waals surface area contributed by atoms with E-state index in [1.165, 1.54) is 25.7 Å². The van der Waals surface area contributed by atoms with Gasteiger partial charge in [0, 0.05) is 36.3 Å². The molecule has 0 spiro atoms. The minimum Gasteiger partial charge on any atom is -0.311 e. The van der Waals surface area contributed by atoms with Crippen LogP contribution in [0.15, 0.2) is 18.2 Å². The number of benzene rings is 1. The van der Waals surface area contributed by atoms with Crippen molar-refractivity contribution in [1.29, 1.82) is 0 Å². The lowest BCUT2D eigenvalue weighted by molar-refractivity contribution is -0.385. The van der Waals surface area contributed by atoms with Gasteiger partial charge in [0.15, 0.2) is 0 Å². The molecule has 1 aromatic rings. The van der Waals surface area contributed by atoms with Crippen LogP contribution in [-0.2, 0) is 6.54 Å². The van der Waals surface area contributed by atoms with E-state index in [1.807, 2.05) is 13.0 Å². The van der Waals surface area contributed by atoms with Crippen molar-refractivity contribution in [2.45, 2.75) is 57.3 Å². The largest absolute Gasteiger partial charge is 0.311 e. The molecule has 0 aromatic heterocycles. The summed E-state index contributed by atoms with van der Waals surface area (Å²) in [5.41, 5.74) is 2.09. The molecule has 0 aliphatic carbocycles. The van der Waals surface area contributed by atoms with E-state index in [1.54, 1.807) is 12.1 Å². The Morgan fingerprint density at radius 3 is 2.55 bits per heavy atom. The normalized spacial score (nSPS) is 26.8. The van der Waals surface area contributed by atoms with E-state index >= 15 is 0 Å². The highest BCUT2D eigenvalue weighted by Gasteiger charge is 2.35. The van der Waals surface area contributed by atoms with Gasteiger partial charge in [-0.2, -0.15) is 0 Å². The maximum Gasteiger partial charge on any atom is 0.272 e. The van der Waals surface area contributed by atoms with Gasteiger partial charge in [0.05, 0.1) is 4.92 Å². The second kappa shape index (κ2) is 6.94. The lowest BCUT2D eigenvalue weighted by Gasteiger charge is -2.35. The number of piperidine rings is 1. The molecule has 1 aromatic carbocycles. The zero-order valence-electron chi connectivity index (χ0n) is 13.1. The van der Waals surface area contributed by atoms with Gasteiger partial charge in [-0.05, 0) is 45.2 Å². The molecule has 2 atom stereocenters. The van der Waals surface area contributed by atoms with Crippen molar-refractivity contribution < 1.29 is 4.92 Å². The molecule has 5 nitrogen and oxygen atoms in total. The Hall–Kier alpha value is -1.17. The van der Waals surface area contributed by atoms with Crippen LogP contribution in [0.5, 0.6) is 0 Å². The fourth-order valence-corrected chi connectivity index (χ4v) is 3.82. The van der Waals surface area contributed by atoms with Crippen molar-refractivity contribution in [2.24, 2.45) is 0 Å². The minimum absolute atomic E-state index is 0. The van der Waals surface area contributed by atoms with Gasteiger partial charge in [-0.25, -0.2) is 0 Å². The zero-order valence-corrected chi connectivity index (χ0v) is 13.9. The van der Waals surface area contributed by atoms with Crippen molar-refractivity contribution >= 4 is 18.1 Å². The first-order valence-corrected chi connectivity index (χ1v) is 7.73. The van der Waals surface area contributed by atoms with Crippen molar-refractivity contribution in [2.75, 3.05) is 7.05 Å². The third-order valence-corrected chi connectivity index (χ3v) is 5.11. The number of nitrogens with one attached hydrogen (secondary N) is 1. The number of nitrogens with zero attached hydrogens (tertiary/aromatic N) is 2. The minimum atomic E-state index is -0.288. The maximum absolute atomic E-state index is 11.0. The fraction of sp³-hybridized carbons (Fsp3) is 0.625. The molecule has 0 amide bonds. The standard InChI is InChI=1S/C16H23N3O2.ClH/c1-11-12(4-3-5-16(11)19(20)21)10-18(2)15-8-13-6-7-14(9-15)17-13;/h3-5,13-15,17H,6-10H2,1-2H3;1H. The Labute approximate surface area is 137 Å². The average molecular weight is 326 g/mol. The molecule has 1 N–H and O–H groups in total. The van der Waals surface area contributed by atoms with E-state index < -0.39 is 0 Å². The highest BCUT2D eigenvalue weighted by molar-refractivity contribution is 5.85. The predicted molar refractivity (Wildman–Crippen MR) is 89.5 cm³/mol. The highest BCUT2D eigenvalue weighted by Crippen LogP contribution is 2.30. The maximum atomic E-state index is 11.0. The first kappa shape index (κ1) is 17.2. The smallest absolute Gasteiger partial charge is 0.272 e. The number of halogens is 1. The molecule has 2 aliphatic rings. The van der Waals surface area contributed by atoms with Gasteiger partial charge in [-0.3, -0.25) is 15.0 Å². The molecule has 2 bridgehead atoms. The number of nitro groups is 1. The molecule has 2 fully saturated rings. The first-order valence-electron chi connectivity index (χ1n) is 7.73. The van der Waals surface area contributed by atoms with E-state index in [2.05, 4.69) is 17.3 Å². The Bertz CT molecular complexity index is 540. The van der Waals surface area contributed by atoms with Gasteiger partial charge in [0.25, 0.3) is 5.69 Å². The van der Waals surface area contributed by atoms with Gasteiger partial charge in [-0.15, -0.1) is 12.4 Å². The summed E-state index contributed by atoms with van der Waals surface area (Å²) in [7, 11) is 2.15. The van der Waals surface area contributed by atoms with Gasteiger partial charge in [0.2, 0.25) is 0 Å². The van der Waals surface area contributed by atoms with Gasteiger partial charge >= 0.3 is 0 Å². The lowest BCUT2D eigenvalue weighted by atomic mass is 9.97. The lowest BCUT2D eigenvalue weighted by Crippen LogP contribution is -2.46.